The third-order valence-electron chi connectivity index (χ3n) is 3.74. The Kier molecular flexibility index (Phi) is 4.81. The van der Waals surface area contributed by atoms with Gasteiger partial charge in [-0.1, -0.05) is 0 Å². The van der Waals surface area contributed by atoms with E-state index >= 15 is 0 Å². The number of benzene rings is 1. The minimum Gasteiger partial charge on any atom is -0.441 e. The maximum Gasteiger partial charge on any atom is 0.432 e. The number of aromatic amines is 1. The standard InChI is InChI=1S/C17H14F5N3O2/c1-9-5-16(26-10-3-4-11(18)12(19)6-10)25(2)8-13(9)27-15-7-14(23-24-15)17(20,21)22/h3-7H,8H2,1-2H3,(H,23,24). The molecule has 144 valence electrons. The Morgan fingerprint density at radius 1 is 1.11 bits per heavy atom. The van der Waals surface area contributed by atoms with Gasteiger partial charge in [-0.2, -0.15) is 13.2 Å². The van der Waals surface area contributed by atoms with Gasteiger partial charge < -0.3 is 14.4 Å². The monoisotopic (exact) mass is 387 g/mol. The molecule has 1 N–H and O–H groups in total. The summed E-state index contributed by atoms with van der Waals surface area (Å²) >= 11 is 0. The number of aromatic nitrogens is 2. The van der Waals surface area contributed by atoms with E-state index in [0.717, 1.165) is 18.2 Å². The number of rotatable bonds is 4. The average Bonchev–Trinajstić information content (AvgIpc) is 3.04. The van der Waals surface area contributed by atoms with Crippen molar-refractivity contribution in [1.82, 2.24) is 15.1 Å². The highest BCUT2D eigenvalue weighted by molar-refractivity contribution is 5.33. The molecule has 1 aromatic heterocycles. The molecule has 3 rings (SSSR count). The predicted molar refractivity (Wildman–Crippen MR) is 84.6 cm³/mol. The Morgan fingerprint density at radius 2 is 1.85 bits per heavy atom. The number of likely N-dealkylation sites (N-methyl/N-ethyl adjacent to an activating group) is 1. The highest BCUT2D eigenvalue weighted by atomic mass is 19.4. The molecule has 0 aliphatic carbocycles. The summed E-state index contributed by atoms with van der Waals surface area (Å²) < 4.78 is 75.1. The fraction of sp³-hybridized carbons (Fsp3) is 0.235. The quantitative estimate of drug-likeness (QED) is 0.798. The molecule has 0 saturated heterocycles. The average molecular weight is 387 g/mol. The maximum absolute atomic E-state index is 13.3. The van der Waals surface area contributed by atoms with Crippen molar-refractivity contribution in [2.24, 2.45) is 0 Å². The Morgan fingerprint density at radius 3 is 2.48 bits per heavy atom. The van der Waals surface area contributed by atoms with Crippen molar-refractivity contribution in [3.05, 3.63) is 64.9 Å². The van der Waals surface area contributed by atoms with E-state index in [-0.39, 0.29) is 18.2 Å². The zero-order chi connectivity index (χ0) is 19.8. The van der Waals surface area contributed by atoms with Crippen LogP contribution in [-0.4, -0.2) is 28.7 Å². The fourth-order valence-electron chi connectivity index (χ4n) is 2.30. The van der Waals surface area contributed by atoms with Gasteiger partial charge in [-0.3, -0.25) is 5.10 Å². The first-order valence-electron chi connectivity index (χ1n) is 7.69. The first-order valence-corrected chi connectivity index (χ1v) is 7.69. The molecule has 2 heterocycles. The molecular formula is C17H14F5N3O2. The number of alkyl halides is 3. The maximum atomic E-state index is 13.3. The largest absolute Gasteiger partial charge is 0.441 e. The van der Waals surface area contributed by atoms with Gasteiger partial charge in [-0.25, -0.2) is 8.78 Å². The van der Waals surface area contributed by atoms with Crippen molar-refractivity contribution < 1.29 is 31.4 Å². The van der Waals surface area contributed by atoms with E-state index in [9.17, 15) is 22.0 Å². The van der Waals surface area contributed by atoms with E-state index in [1.54, 1.807) is 24.9 Å². The molecule has 1 aliphatic heterocycles. The van der Waals surface area contributed by atoms with Gasteiger partial charge in [0.15, 0.2) is 17.5 Å². The highest BCUT2D eigenvalue weighted by Gasteiger charge is 2.33. The van der Waals surface area contributed by atoms with Crippen LogP contribution >= 0.6 is 0 Å². The molecule has 0 fully saturated rings. The number of hydrogen-bond acceptors (Lipinski definition) is 4. The summed E-state index contributed by atoms with van der Waals surface area (Å²) in [5, 5.41) is 5.36. The molecule has 0 saturated carbocycles. The second-order valence-corrected chi connectivity index (χ2v) is 5.84. The van der Waals surface area contributed by atoms with Gasteiger partial charge in [-0.05, 0) is 24.6 Å². The Labute approximate surface area is 150 Å². The molecular weight excluding hydrogens is 373 g/mol. The van der Waals surface area contributed by atoms with Crippen LogP contribution in [0.15, 0.2) is 47.6 Å². The van der Waals surface area contributed by atoms with E-state index in [2.05, 4.69) is 5.10 Å². The number of allylic oxidation sites excluding steroid dienone is 2. The van der Waals surface area contributed by atoms with Crippen LogP contribution in [0, 0.1) is 11.6 Å². The summed E-state index contributed by atoms with van der Waals surface area (Å²) in [5.41, 5.74) is -0.430. The van der Waals surface area contributed by atoms with Crippen LogP contribution in [0.4, 0.5) is 22.0 Å². The minimum absolute atomic E-state index is 0.103. The molecule has 10 heteroatoms. The molecule has 1 aromatic carbocycles. The van der Waals surface area contributed by atoms with Crippen molar-refractivity contribution in [2.75, 3.05) is 13.6 Å². The lowest BCUT2D eigenvalue weighted by molar-refractivity contribution is -0.141. The number of halogens is 5. The van der Waals surface area contributed by atoms with Crippen LogP contribution in [0.1, 0.15) is 12.6 Å². The van der Waals surface area contributed by atoms with Gasteiger partial charge in [0.25, 0.3) is 0 Å². The van der Waals surface area contributed by atoms with Crippen LogP contribution in [0.5, 0.6) is 11.6 Å². The number of nitrogens with one attached hydrogen (secondary N) is 1. The first-order chi connectivity index (χ1) is 12.6. The van der Waals surface area contributed by atoms with Crippen LogP contribution in [-0.2, 0) is 6.18 Å². The SMILES string of the molecule is CC1=C(Oc2cc(C(F)(F)F)[nH]n2)CN(C)C(Oc2ccc(F)c(F)c2)=C1. The molecule has 0 spiro atoms. The van der Waals surface area contributed by atoms with Crippen molar-refractivity contribution in [1.29, 1.82) is 0 Å². The number of ether oxygens (including phenoxy) is 2. The second-order valence-electron chi connectivity index (χ2n) is 5.84. The summed E-state index contributed by atoms with van der Waals surface area (Å²) in [4.78, 5) is 1.60. The second kappa shape index (κ2) is 6.93. The molecule has 1 aliphatic rings. The summed E-state index contributed by atoms with van der Waals surface area (Å²) in [6.07, 6.45) is -2.98. The predicted octanol–water partition coefficient (Wildman–Crippen LogP) is 4.23. The van der Waals surface area contributed by atoms with Crippen molar-refractivity contribution in [3.63, 3.8) is 0 Å². The normalized spacial score (nSPS) is 15.1. The van der Waals surface area contributed by atoms with Crippen LogP contribution in [0.2, 0.25) is 0 Å². The third-order valence-corrected chi connectivity index (χ3v) is 3.74. The summed E-state index contributed by atoms with van der Waals surface area (Å²) in [6, 6.07) is 3.90. The van der Waals surface area contributed by atoms with Crippen molar-refractivity contribution in [3.8, 4) is 11.6 Å². The topological polar surface area (TPSA) is 50.4 Å². The van der Waals surface area contributed by atoms with E-state index in [4.69, 9.17) is 9.47 Å². The van der Waals surface area contributed by atoms with E-state index in [1.165, 1.54) is 6.07 Å². The Hall–Kier alpha value is -3.04. The zero-order valence-corrected chi connectivity index (χ0v) is 14.2. The summed E-state index contributed by atoms with van der Waals surface area (Å²) in [5.74, 6) is -1.44. The van der Waals surface area contributed by atoms with E-state index in [1.807, 2.05) is 5.10 Å². The van der Waals surface area contributed by atoms with Crippen molar-refractivity contribution in [2.45, 2.75) is 13.1 Å². The molecule has 0 unspecified atom stereocenters. The van der Waals surface area contributed by atoms with Crippen LogP contribution < -0.4 is 9.47 Å². The lowest BCUT2D eigenvalue weighted by Crippen LogP contribution is -2.29. The van der Waals surface area contributed by atoms with Gasteiger partial charge in [0.1, 0.15) is 17.2 Å². The summed E-state index contributed by atoms with van der Waals surface area (Å²) in [7, 11) is 1.65. The van der Waals surface area contributed by atoms with Crippen LogP contribution in [0.3, 0.4) is 0 Å². The van der Waals surface area contributed by atoms with Gasteiger partial charge in [0.2, 0.25) is 5.88 Å². The molecule has 27 heavy (non-hydrogen) atoms. The first kappa shape index (κ1) is 18.7. The number of H-pyrrole nitrogens is 1. The lowest BCUT2D eigenvalue weighted by atomic mass is 10.2. The minimum atomic E-state index is -4.55. The van der Waals surface area contributed by atoms with E-state index < -0.39 is 23.5 Å². The molecule has 5 nitrogen and oxygen atoms in total. The zero-order valence-electron chi connectivity index (χ0n) is 14.2. The fourth-order valence-corrected chi connectivity index (χ4v) is 2.30. The number of nitrogens with zero attached hydrogens (tertiary/aromatic N) is 2. The molecule has 0 radical (unpaired) electrons. The van der Waals surface area contributed by atoms with Crippen molar-refractivity contribution >= 4 is 0 Å². The van der Waals surface area contributed by atoms with Crippen LogP contribution in [0.25, 0.3) is 0 Å². The third kappa shape index (κ3) is 4.21. The van der Waals surface area contributed by atoms with Gasteiger partial charge in [0, 0.05) is 25.3 Å². The molecule has 0 atom stereocenters. The lowest BCUT2D eigenvalue weighted by Gasteiger charge is -2.28. The Bertz CT molecular complexity index is 918. The Balaban J connectivity index is 1.77. The molecule has 0 amide bonds. The number of hydrogen-bond donors (Lipinski definition) is 1. The van der Waals surface area contributed by atoms with E-state index in [0.29, 0.717) is 17.2 Å². The van der Waals surface area contributed by atoms with Gasteiger partial charge >= 0.3 is 6.18 Å². The molecule has 0 bridgehead atoms. The highest BCUT2D eigenvalue weighted by Crippen LogP contribution is 2.31. The smallest absolute Gasteiger partial charge is 0.432 e. The van der Waals surface area contributed by atoms with Gasteiger partial charge in [0.05, 0.1) is 6.54 Å². The summed E-state index contributed by atoms with van der Waals surface area (Å²) in [6.45, 7) is 1.85. The van der Waals surface area contributed by atoms with Gasteiger partial charge in [-0.15, -0.1) is 5.10 Å². The molecule has 2 aromatic rings.